The van der Waals surface area contributed by atoms with Gasteiger partial charge >= 0.3 is 0 Å². The van der Waals surface area contributed by atoms with Gasteiger partial charge < -0.3 is 5.73 Å². The number of sulfone groups is 1. The van der Waals surface area contributed by atoms with Crippen molar-refractivity contribution in [1.82, 2.24) is 4.98 Å². The van der Waals surface area contributed by atoms with E-state index in [1.54, 1.807) is 30.3 Å². The van der Waals surface area contributed by atoms with Crippen LogP contribution < -0.4 is 5.73 Å². The van der Waals surface area contributed by atoms with E-state index in [1.807, 2.05) is 0 Å². The lowest BCUT2D eigenvalue weighted by atomic mass is 10.0. The molecule has 2 rings (SSSR count). The maximum absolute atomic E-state index is 11.8. The molecular weight excluding hydrogens is 264 g/mol. The number of nitrogens with two attached hydrogens (primary N) is 1. The van der Waals surface area contributed by atoms with Crippen molar-refractivity contribution in [3.63, 3.8) is 0 Å². The first-order valence-electron chi connectivity index (χ1n) is 5.45. The van der Waals surface area contributed by atoms with Gasteiger partial charge in [-0.3, -0.25) is 9.78 Å². The Kier molecular flexibility index (Phi) is 3.35. The third-order valence-electron chi connectivity index (χ3n) is 2.62. The zero-order valence-corrected chi connectivity index (χ0v) is 11.0. The summed E-state index contributed by atoms with van der Waals surface area (Å²) in [5.74, 6) is -0.695. The molecule has 0 unspecified atom stereocenters. The molecule has 0 fully saturated rings. The number of carbonyl (C=O) groups excluding carboxylic acids is 1. The molecule has 1 aromatic carbocycles. The molecule has 98 valence electrons. The van der Waals surface area contributed by atoms with E-state index in [1.165, 1.54) is 12.3 Å². The van der Waals surface area contributed by atoms with Crippen LogP contribution in [-0.2, 0) is 9.84 Å². The van der Waals surface area contributed by atoms with Gasteiger partial charge in [0.1, 0.15) is 5.69 Å². The molecule has 1 amide bonds. The van der Waals surface area contributed by atoms with Crippen molar-refractivity contribution < 1.29 is 13.2 Å². The van der Waals surface area contributed by atoms with Gasteiger partial charge in [-0.2, -0.15) is 0 Å². The summed E-state index contributed by atoms with van der Waals surface area (Å²) in [5.41, 5.74) is 6.15. The Labute approximate surface area is 111 Å². The van der Waals surface area contributed by atoms with Gasteiger partial charge in [0.2, 0.25) is 0 Å². The Morgan fingerprint density at radius 3 is 2.37 bits per heavy atom. The summed E-state index contributed by atoms with van der Waals surface area (Å²) >= 11 is 0. The van der Waals surface area contributed by atoms with Crippen LogP contribution in [0.1, 0.15) is 10.5 Å². The van der Waals surface area contributed by atoms with E-state index in [9.17, 15) is 13.2 Å². The van der Waals surface area contributed by atoms with E-state index in [0.29, 0.717) is 11.1 Å². The summed E-state index contributed by atoms with van der Waals surface area (Å²) in [6, 6.07) is 9.68. The summed E-state index contributed by atoms with van der Waals surface area (Å²) in [7, 11) is -3.40. The van der Waals surface area contributed by atoms with Gasteiger partial charge in [0.25, 0.3) is 5.91 Å². The number of primary amides is 1. The lowest BCUT2D eigenvalue weighted by Crippen LogP contribution is -2.15. The van der Waals surface area contributed by atoms with Crippen LogP contribution in [0, 0.1) is 0 Å². The van der Waals surface area contributed by atoms with Gasteiger partial charge in [0.05, 0.1) is 4.90 Å². The van der Waals surface area contributed by atoms with Crippen LogP contribution in [0.5, 0.6) is 0 Å². The average molecular weight is 276 g/mol. The van der Waals surface area contributed by atoms with E-state index >= 15 is 0 Å². The van der Waals surface area contributed by atoms with Crippen LogP contribution in [0.4, 0.5) is 0 Å². The number of hydrogen-bond acceptors (Lipinski definition) is 4. The average Bonchev–Trinajstić information content (AvgIpc) is 2.37. The first-order chi connectivity index (χ1) is 8.91. The van der Waals surface area contributed by atoms with Gasteiger partial charge in [-0.05, 0) is 12.1 Å². The number of aromatic nitrogens is 1. The molecule has 1 heterocycles. The fourth-order valence-electron chi connectivity index (χ4n) is 1.83. The number of rotatable bonds is 3. The standard InChI is InChI=1S/C13H12N2O3S/c1-19(17,18)11-7-3-2-5-9(11)10-6-4-8-15-12(10)13(14)16/h2-8H,1H3,(H2,14,16). The molecule has 0 aliphatic heterocycles. The van der Waals surface area contributed by atoms with E-state index < -0.39 is 15.7 Å². The van der Waals surface area contributed by atoms with Crippen LogP contribution in [0.15, 0.2) is 47.5 Å². The fraction of sp³-hybridized carbons (Fsp3) is 0.0769. The predicted molar refractivity (Wildman–Crippen MR) is 71.3 cm³/mol. The van der Waals surface area contributed by atoms with Gasteiger partial charge in [-0.1, -0.05) is 24.3 Å². The molecule has 0 aliphatic rings. The minimum Gasteiger partial charge on any atom is -0.364 e. The molecular formula is C13H12N2O3S. The first kappa shape index (κ1) is 13.2. The Morgan fingerprint density at radius 2 is 1.74 bits per heavy atom. The highest BCUT2D eigenvalue weighted by molar-refractivity contribution is 7.90. The summed E-state index contributed by atoms with van der Waals surface area (Å²) in [4.78, 5) is 15.4. The van der Waals surface area contributed by atoms with Crippen molar-refractivity contribution in [1.29, 1.82) is 0 Å². The number of benzene rings is 1. The molecule has 0 atom stereocenters. The zero-order valence-electron chi connectivity index (χ0n) is 10.2. The summed E-state index contributed by atoms with van der Waals surface area (Å²) in [6.07, 6.45) is 2.55. The highest BCUT2D eigenvalue weighted by Crippen LogP contribution is 2.28. The van der Waals surface area contributed by atoms with Crippen molar-refractivity contribution in [3.05, 3.63) is 48.3 Å². The molecule has 0 saturated heterocycles. The second kappa shape index (κ2) is 4.81. The number of pyridine rings is 1. The molecule has 0 radical (unpaired) electrons. The quantitative estimate of drug-likeness (QED) is 0.913. The SMILES string of the molecule is CS(=O)(=O)c1ccccc1-c1cccnc1C(N)=O. The minimum atomic E-state index is -3.40. The molecule has 0 spiro atoms. The van der Waals surface area contributed by atoms with Crippen molar-refractivity contribution in [3.8, 4) is 11.1 Å². The van der Waals surface area contributed by atoms with E-state index in [2.05, 4.69) is 4.98 Å². The Hall–Kier alpha value is -2.21. The summed E-state index contributed by atoms with van der Waals surface area (Å²) < 4.78 is 23.5. The molecule has 1 aromatic heterocycles. The van der Waals surface area contributed by atoms with Gasteiger partial charge in [-0.15, -0.1) is 0 Å². The fourth-order valence-corrected chi connectivity index (χ4v) is 2.73. The van der Waals surface area contributed by atoms with Crippen molar-refractivity contribution in [2.75, 3.05) is 6.26 Å². The molecule has 2 aromatic rings. The molecule has 6 heteroatoms. The van der Waals surface area contributed by atoms with Crippen molar-refractivity contribution >= 4 is 15.7 Å². The highest BCUT2D eigenvalue weighted by atomic mass is 32.2. The highest BCUT2D eigenvalue weighted by Gasteiger charge is 2.18. The lowest BCUT2D eigenvalue weighted by molar-refractivity contribution is 0.0996. The Balaban J connectivity index is 2.78. The second-order valence-corrected chi connectivity index (χ2v) is 6.02. The van der Waals surface area contributed by atoms with Gasteiger partial charge in [0.15, 0.2) is 9.84 Å². The van der Waals surface area contributed by atoms with Crippen molar-refractivity contribution in [2.24, 2.45) is 5.73 Å². The van der Waals surface area contributed by atoms with E-state index in [-0.39, 0.29) is 10.6 Å². The van der Waals surface area contributed by atoms with Crippen LogP contribution >= 0.6 is 0 Å². The molecule has 2 N–H and O–H groups in total. The predicted octanol–water partition coefficient (Wildman–Crippen LogP) is 1.25. The zero-order chi connectivity index (χ0) is 14.0. The maximum Gasteiger partial charge on any atom is 0.267 e. The van der Waals surface area contributed by atoms with Gasteiger partial charge in [-0.25, -0.2) is 8.42 Å². The monoisotopic (exact) mass is 276 g/mol. The molecule has 5 nitrogen and oxygen atoms in total. The van der Waals surface area contributed by atoms with Crippen LogP contribution in [0.3, 0.4) is 0 Å². The smallest absolute Gasteiger partial charge is 0.267 e. The molecule has 19 heavy (non-hydrogen) atoms. The molecule has 0 bridgehead atoms. The topological polar surface area (TPSA) is 90.1 Å². The number of carbonyl (C=O) groups is 1. The maximum atomic E-state index is 11.8. The van der Waals surface area contributed by atoms with Gasteiger partial charge in [0, 0.05) is 23.6 Å². The number of hydrogen-bond donors (Lipinski definition) is 1. The molecule has 0 aliphatic carbocycles. The van der Waals surface area contributed by atoms with E-state index in [4.69, 9.17) is 5.73 Å². The van der Waals surface area contributed by atoms with Crippen LogP contribution in [-0.4, -0.2) is 25.6 Å². The minimum absolute atomic E-state index is 0.0543. The second-order valence-electron chi connectivity index (χ2n) is 4.03. The van der Waals surface area contributed by atoms with Crippen LogP contribution in [0.2, 0.25) is 0 Å². The number of amides is 1. The van der Waals surface area contributed by atoms with Crippen LogP contribution in [0.25, 0.3) is 11.1 Å². The largest absolute Gasteiger partial charge is 0.364 e. The summed E-state index contributed by atoms with van der Waals surface area (Å²) in [5, 5.41) is 0. The Morgan fingerprint density at radius 1 is 1.11 bits per heavy atom. The Bertz CT molecular complexity index is 739. The number of nitrogens with zero attached hydrogens (tertiary/aromatic N) is 1. The van der Waals surface area contributed by atoms with Crippen molar-refractivity contribution in [2.45, 2.75) is 4.90 Å². The third kappa shape index (κ3) is 2.63. The van der Waals surface area contributed by atoms with E-state index in [0.717, 1.165) is 6.26 Å². The first-order valence-corrected chi connectivity index (χ1v) is 7.34. The molecule has 0 saturated carbocycles. The third-order valence-corrected chi connectivity index (χ3v) is 3.77. The normalized spacial score (nSPS) is 11.2. The lowest BCUT2D eigenvalue weighted by Gasteiger charge is -2.10. The summed E-state index contributed by atoms with van der Waals surface area (Å²) in [6.45, 7) is 0.